The maximum Gasteiger partial charge on any atom is 0.306 e. The lowest BCUT2D eigenvalue weighted by molar-refractivity contribution is -0.167. The normalized spacial score (nSPS) is 12.8. The molecule has 0 aromatic rings. The van der Waals surface area contributed by atoms with Crippen LogP contribution in [-0.4, -0.2) is 37.2 Å². The van der Waals surface area contributed by atoms with Gasteiger partial charge in [-0.05, 0) is 109 Å². The topological polar surface area (TPSA) is 78.9 Å². The van der Waals surface area contributed by atoms with Gasteiger partial charge in [0.25, 0.3) is 0 Å². The molecule has 1 unspecified atom stereocenters. The van der Waals surface area contributed by atoms with Gasteiger partial charge in [0.1, 0.15) is 13.2 Å². The number of carbonyl (C=O) groups is 3. The van der Waals surface area contributed by atoms with E-state index in [0.717, 1.165) is 122 Å². The molecule has 0 aliphatic carbocycles. The quantitative estimate of drug-likeness (QED) is 0.0261. The highest BCUT2D eigenvalue weighted by atomic mass is 16.6. The van der Waals surface area contributed by atoms with Gasteiger partial charge in [-0.15, -0.1) is 0 Å². The van der Waals surface area contributed by atoms with Crippen molar-refractivity contribution in [1.29, 1.82) is 0 Å². The minimum Gasteiger partial charge on any atom is -0.462 e. The highest BCUT2D eigenvalue weighted by Gasteiger charge is 2.19. The molecule has 0 aliphatic rings. The summed E-state index contributed by atoms with van der Waals surface area (Å²) in [6.07, 6.45) is 96.9. The Balaban J connectivity index is 4.30. The molecule has 0 saturated heterocycles. The minimum atomic E-state index is -0.789. The van der Waals surface area contributed by atoms with Gasteiger partial charge in [0, 0.05) is 19.3 Å². The summed E-state index contributed by atoms with van der Waals surface area (Å²) in [5.41, 5.74) is 0. The Labute approximate surface area is 514 Å². The largest absolute Gasteiger partial charge is 0.462 e. The summed E-state index contributed by atoms with van der Waals surface area (Å²) >= 11 is 0. The van der Waals surface area contributed by atoms with Crippen molar-refractivity contribution in [2.45, 2.75) is 348 Å². The van der Waals surface area contributed by atoms with Crippen LogP contribution in [0.3, 0.4) is 0 Å². The number of esters is 3. The molecule has 0 heterocycles. The molecule has 0 N–H and O–H groups in total. The SMILES string of the molecule is CC/C=C\C/C=C\C/C=C\C/C=C\C/C=C\C/C=C\C/C=C\C/C=C\CCCCCCC(=O)OCC(COC(=O)CCCCCCCCCCCCC)OC(=O)CCCCCCCCCCCCCCC/C=C\CCCCCCCCCC. The van der Waals surface area contributed by atoms with E-state index in [4.69, 9.17) is 14.2 Å². The van der Waals surface area contributed by atoms with Crippen LogP contribution in [-0.2, 0) is 28.6 Å². The van der Waals surface area contributed by atoms with E-state index < -0.39 is 6.10 Å². The zero-order chi connectivity index (χ0) is 59.9. The van der Waals surface area contributed by atoms with Gasteiger partial charge < -0.3 is 14.2 Å². The van der Waals surface area contributed by atoms with Crippen molar-refractivity contribution < 1.29 is 28.6 Å². The molecular formula is C77H132O6. The lowest BCUT2D eigenvalue weighted by atomic mass is 10.0. The van der Waals surface area contributed by atoms with Gasteiger partial charge in [0.05, 0.1) is 0 Å². The van der Waals surface area contributed by atoms with Crippen LogP contribution >= 0.6 is 0 Å². The van der Waals surface area contributed by atoms with E-state index in [9.17, 15) is 14.4 Å². The van der Waals surface area contributed by atoms with Crippen LogP contribution in [0.15, 0.2) is 109 Å². The molecule has 0 spiro atoms. The summed E-state index contributed by atoms with van der Waals surface area (Å²) < 4.78 is 16.9. The van der Waals surface area contributed by atoms with Gasteiger partial charge in [0.15, 0.2) is 6.10 Å². The van der Waals surface area contributed by atoms with Crippen LogP contribution in [0.25, 0.3) is 0 Å². The monoisotopic (exact) mass is 1150 g/mol. The Morgan fingerprint density at radius 2 is 0.470 bits per heavy atom. The zero-order valence-corrected chi connectivity index (χ0v) is 54.7. The van der Waals surface area contributed by atoms with Crippen LogP contribution < -0.4 is 0 Å². The van der Waals surface area contributed by atoms with E-state index >= 15 is 0 Å². The summed E-state index contributed by atoms with van der Waals surface area (Å²) in [7, 11) is 0. The van der Waals surface area contributed by atoms with Crippen molar-refractivity contribution >= 4 is 17.9 Å². The molecule has 0 rings (SSSR count). The third-order valence-electron chi connectivity index (χ3n) is 15.3. The van der Waals surface area contributed by atoms with Gasteiger partial charge in [-0.3, -0.25) is 14.4 Å². The van der Waals surface area contributed by atoms with Crippen molar-refractivity contribution in [3.05, 3.63) is 109 Å². The lowest BCUT2D eigenvalue weighted by Crippen LogP contribution is -2.30. The maximum atomic E-state index is 12.9. The molecule has 6 nitrogen and oxygen atoms in total. The van der Waals surface area contributed by atoms with Gasteiger partial charge >= 0.3 is 17.9 Å². The fourth-order valence-electron chi connectivity index (χ4n) is 9.99. The molecule has 0 saturated carbocycles. The summed E-state index contributed by atoms with van der Waals surface area (Å²) in [6, 6.07) is 0. The molecule has 6 heteroatoms. The van der Waals surface area contributed by atoms with Gasteiger partial charge in [0.2, 0.25) is 0 Å². The fourth-order valence-corrected chi connectivity index (χ4v) is 9.99. The van der Waals surface area contributed by atoms with Crippen LogP contribution in [0.5, 0.6) is 0 Å². The first kappa shape index (κ1) is 79.1. The van der Waals surface area contributed by atoms with Crippen LogP contribution in [0, 0.1) is 0 Å². The second-order valence-corrected chi connectivity index (χ2v) is 23.4. The molecule has 476 valence electrons. The third-order valence-corrected chi connectivity index (χ3v) is 15.3. The van der Waals surface area contributed by atoms with Crippen LogP contribution in [0.1, 0.15) is 342 Å². The molecule has 83 heavy (non-hydrogen) atoms. The first-order valence-corrected chi connectivity index (χ1v) is 35.4. The fraction of sp³-hybridized carbons (Fsp3) is 0.727. The van der Waals surface area contributed by atoms with Crippen molar-refractivity contribution in [2.75, 3.05) is 13.2 Å². The predicted molar refractivity (Wildman–Crippen MR) is 362 cm³/mol. The van der Waals surface area contributed by atoms with Gasteiger partial charge in [-0.25, -0.2) is 0 Å². The molecular weight excluding hydrogens is 1020 g/mol. The molecule has 0 bridgehead atoms. The third kappa shape index (κ3) is 68.7. The molecule has 0 radical (unpaired) electrons. The minimum absolute atomic E-state index is 0.0836. The lowest BCUT2D eigenvalue weighted by Gasteiger charge is -2.18. The van der Waals surface area contributed by atoms with E-state index in [2.05, 4.69) is 130 Å². The van der Waals surface area contributed by atoms with Gasteiger partial charge in [-0.2, -0.15) is 0 Å². The van der Waals surface area contributed by atoms with E-state index in [-0.39, 0.29) is 31.1 Å². The highest BCUT2D eigenvalue weighted by Crippen LogP contribution is 2.17. The first-order valence-electron chi connectivity index (χ1n) is 35.4. The number of allylic oxidation sites excluding steroid dienone is 18. The van der Waals surface area contributed by atoms with Crippen LogP contribution in [0.4, 0.5) is 0 Å². The number of rotatable bonds is 64. The van der Waals surface area contributed by atoms with Crippen LogP contribution in [0.2, 0.25) is 0 Å². The first-order chi connectivity index (χ1) is 41.0. The number of hydrogen-bond acceptors (Lipinski definition) is 6. The summed E-state index contributed by atoms with van der Waals surface area (Å²) in [6.45, 7) is 6.53. The Kier molecular flexibility index (Phi) is 67.2. The predicted octanol–water partition coefficient (Wildman–Crippen LogP) is 24.6. The molecule has 0 amide bonds. The smallest absolute Gasteiger partial charge is 0.306 e. The summed E-state index contributed by atoms with van der Waals surface area (Å²) in [4.78, 5) is 38.4. The van der Waals surface area contributed by atoms with Crippen molar-refractivity contribution in [3.63, 3.8) is 0 Å². The highest BCUT2D eigenvalue weighted by molar-refractivity contribution is 5.71. The molecule has 0 aromatic heterocycles. The Morgan fingerprint density at radius 1 is 0.253 bits per heavy atom. The molecule has 0 aliphatic heterocycles. The van der Waals surface area contributed by atoms with Crippen molar-refractivity contribution in [1.82, 2.24) is 0 Å². The Morgan fingerprint density at radius 3 is 0.747 bits per heavy atom. The van der Waals surface area contributed by atoms with Gasteiger partial charge in [-0.1, -0.05) is 323 Å². The second kappa shape index (κ2) is 70.6. The Bertz CT molecular complexity index is 1660. The number of carbonyl (C=O) groups excluding carboxylic acids is 3. The van der Waals surface area contributed by atoms with E-state index in [1.54, 1.807) is 0 Å². The average Bonchev–Trinajstić information content (AvgIpc) is 3.48. The Hall–Kier alpha value is -3.93. The molecule has 1 atom stereocenters. The van der Waals surface area contributed by atoms with Crippen molar-refractivity contribution in [2.24, 2.45) is 0 Å². The maximum absolute atomic E-state index is 12.9. The molecule has 0 fully saturated rings. The number of hydrogen-bond donors (Lipinski definition) is 0. The van der Waals surface area contributed by atoms with E-state index in [1.165, 1.54) is 180 Å². The van der Waals surface area contributed by atoms with Crippen molar-refractivity contribution in [3.8, 4) is 0 Å². The summed E-state index contributed by atoms with van der Waals surface area (Å²) in [5.74, 6) is -0.898. The second-order valence-electron chi connectivity index (χ2n) is 23.4. The number of ether oxygens (including phenoxy) is 3. The standard InChI is InChI=1S/C77H132O6/c1-4-7-10-13-16-19-22-24-26-28-30-32-34-36-37-38-39-41-42-44-46-48-50-52-55-58-61-64-67-70-76(79)82-73-74(72-81-75(78)69-66-63-60-57-54-21-18-15-12-9-6-3)83-77(80)71-68-65-62-59-56-53-51-49-47-45-43-40-35-33-31-29-27-25-23-20-17-14-11-8-5-2/h7,10,16,19,24,26,29-32,36-37,39,41,44,46,50,52,74H,4-6,8-9,11-15,17-18,20-23,25,27-28,33-35,38,40,42-43,45,47-49,51,53-73H2,1-3H3/b10-7-,19-16-,26-24-,31-29-,32-30-,37-36-,41-39-,46-44-,52-50-. The average molecular weight is 1150 g/mol. The summed E-state index contributed by atoms with van der Waals surface area (Å²) in [5, 5.41) is 0. The van der Waals surface area contributed by atoms with E-state index in [1.807, 2.05) is 0 Å². The molecule has 0 aromatic carbocycles. The zero-order valence-electron chi connectivity index (χ0n) is 54.7. The number of unbranched alkanes of at least 4 members (excludes halogenated alkanes) is 35. The van der Waals surface area contributed by atoms with E-state index in [0.29, 0.717) is 19.3 Å².